The number of benzene rings is 1. The van der Waals surface area contributed by atoms with E-state index >= 15 is 0 Å². The van der Waals surface area contributed by atoms with E-state index in [9.17, 15) is 4.79 Å². The van der Waals surface area contributed by atoms with Crippen LogP contribution in [0.15, 0.2) is 47.1 Å². The van der Waals surface area contributed by atoms with E-state index in [1.54, 1.807) is 12.1 Å². The molecule has 0 unspecified atom stereocenters. The maximum Gasteiger partial charge on any atom is 0.270 e. The Morgan fingerprint density at radius 1 is 1.16 bits per heavy atom. The smallest absolute Gasteiger partial charge is 0.270 e. The summed E-state index contributed by atoms with van der Waals surface area (Å²) in [6, 6.07) is 10.7. The van der Waals surface area contributed by atoms with Crippen molar-refractivity contribution in [2.24, 2.45) is 0 Å². The van der Waals surface area contributed by atoms with Crippen LogP contribution in [-0.2, 0) is 6.54 Å². The normalized spacial score (nSPS) is 10.9. The van der Waals surface area contributed by atoms with Crippen molar-refractivity contribution in [3.8, 4) is 11.5 Å². The quantitative estimate of drug-likeness (QED) is 0.578. The van der Waals surface area contributed by atoms with Crippen LogP contribution in [-0.4, -0.2) is 24.6 Å². The molecule has 0 saturated heterocycles. The monoisotopic (exact) mass is 352 g/mol. The van der Waals surface area contributed by atoms with Gasteiger partial charge in [-0.05, 0) is 35.9 Å². The summed E-state index contributed by atoms with van der Waals surface area (Å²) in [5.74, 6) is 0.178. The number of nitrogen functional groups attached to an aromatic ring is 1. The minimum atomic E-state index is -0.349. The molecule has 1 amide bonds. The molecule has 25 heavy (non-hydrogen) atoms. The first kappa shape index (κ1) is 15.2. The van der Waals surface area contributed by atoms with Crippen LogP contribution in [0.2, 0.25) is 0 Å². The van der Waals surface area contributed by atoms with Crippen molar-refractivity contribution >= 4 is 34.6 Å². The first-order valence-corrected chi connectivity index (χ1v) is 8.10. The van der Waals surface area contributed by atoms with E-state index in [4.69, 9.17) is 10.2 Å². The van der Waals surface area contributed by atoms with E-state index in [2.05, 4.69) is 24.0 Å². The van der Waals surface area contributed by atoms with Crippen molar-refractivity contribution in [2.45, 2.75) is 6.54 Å². The zero-order chi connectivity index (χ0) is 17.2. The standard InChI is InChI=1S/C16H12N6O2S/c17-16-19-12(14-2-1-5-24-14)7-13(20-16)15(23)18-8-9-3-4-10-11(6-9)22-25-21-10/h1-7H,8H2,(H,18,23)(H2,17,19,20). The summed E-state index contributed by atoms with van der Waals surface area (Å²) in [4.78, 5) is 20.5. The second-order valence-corrected chi connectivity index (χ2v) is 5.77. The predicted octanol–water partition coefficient (Wildman–Crippen LogP) is 2.25. The summed E-state index contributed by atoms with van der Waals surface area (Å²) in [7, 11) is 0. The largest absolute Gasteiger partial charge is 0.463 e. The number of nitrogens with two attached hydrogens (primary N) is 1. The minimum Gasteiger partial charge on any atom is -0.463 e. The molecule has 0 spiro atoms. The molecule has 0 fully saturated rings. The van der Waals surface area contributed by atoms with Crippen molar-refractivity contribution in [1.29, 1.82) is 0 Å². The Hall–Kier alpha value is -3.33. The Bertz CT molecular complexity index is 1040. The van der Waals surface area contributed by atoms with Gasteiger partial charge in [0.2, 0.25) is 5.95 Å². The molecule has 4 rings (SSSR count). The van der Waals surface area contributed by atoms with Gasteiger partial charge in [0, 0.05) is 6.54 Å². The van der Waals surface area contributed by atoms with Gasteiger partial charge in [0.25, 0.3) is 5.91 Å². The maximum atomic E-state index is 12.4. The number of aromatic nitrogens is 4. The van der Waals surface area contributed by atoms with Crippen LogP contribution in [0, 0.1) is 0 Å². The molecule has 0 saturated carbocycles. The molecule has 3 aromatic heterocycles. The number of nitrogens with one attached hydrogen (secondary N) is 1. The first-order chi connectivity index (χ1) is 12.2. The SMILES string of the molecule is Nc1nc(C(=O)NCc2ccc3nsnc3c2)cc(-c2ccco2)n1. The molecule has 1 aromatic carbocycles. The van der Waals surface area contributed by atoms with E-state index in [-0.39, 0.29) is 17.5 Å². The van der Waals surface area contributed by atoms with E-state index in [1.807, 2.05) is 18.2 Å². The Labute approximate surface area is 146 Å². The molecule has 4 aromatic rings. The van der Waals surface area contributed by atoms with Gasteiger partial charge in [-0.2, -0.15) is 8.75 Å². The number of carbonyl (C=O) groups excluding carboxylic acids is 1. The highest BCUT2D eigenvalue weighted by atomic mass is 32.1. The summed E-state index contributed by atoms with van der Waals surface area (Å²) < 4.78 is 13.6. The first-order valence-electron chi connectivity index (χ1n) is 7.37. The fourth-order valence-electron chi connectivity index (χ4n) is 2.34. The highest BCUT2D eigenvalue weighted by Crippen LogP contribution is 2.19. The van der Waals surface area contributed by atoms with Crippen LogP contribution < -0.4 is 11.1 Å². The second kappa shape index (κ2) is 6.29. The molecule has 0 radical (unpaired) electrons. The van der Waals surface area contributed by atoms with Crippen LogP contribution in [0.25, 0.3) is 22.5 Å². The summed E-state index contributed by atoms with van der Waals surface area (Å²) in [5, 5.41) is 2.81. The molecule has 0 aliphatic carbocycles. The van der Waals surface area contributed by atoms with Crippen LogP contribution >= 0.6 is 11.7 Å². The minimum absolute atomic E-state index is 0.00835. The average molecular weight is 352 g/mol. The Balaban J connectivity index is 1.52. The number of hydrogen-bond donors (Lipinski definition) is 2. The van der Waals surface area contributed by atoms with Crippen molar-refractivity contribution in [2.75, 3.05) is 5.73 Å². The van der Waals surface area contributed by atoms with Crippen LogP contribution in [0.3, 0.4) is 0 Å². The molecule has 3 heterocycles. The van der Waals surface area contributed by atoms with Gasteiger partial charge in [-0.15, -0.1) is 0 Å². The Kier molecular flexibility index (Phi) is 3.82. The van der Waals surface area contributed by atoms with E-state index < -0.39 is 0 Å². The number of rotatable bonds is 4. The number of nitrogens with zero attached hydrogens (tertiary/aromatic N) is 4. The third kappa shape index (κ3) is 3.17. The molecule has 0 atom stereocenters. The van der Waals surface area contributed by atoms with Gasteiger partial charge in [0.15, 0.2) is 5.76 Å². The third-order valence-corrected chi connectivity index (χ3v) is 4.08. The molecule has 8 nitrogen and oxygen atoms in total. The van der Waals surface area contributed by atoms with E-state index in [1.165, 1.54) is 12.3 Å². The number of amides is 1. The topological polar surface area (TPSA) is 120 Å². The van der Waals surface area contributed by atoms with Crippen LogP contribution in [0.1, 0.15) is 16.1 Å². The lowest BCUT2D eigenvalue weighted by Crippen LogP contribution is -2.24. The predicted molar refractivity (Wildman–Crippen MR) is 92.7 cm³/mol. The summed E-state index contributed by atoms with van der Waals surface area (Å²) in [6.45, 7) is 0.340. The number of carbonyl (C=O) groups is 1. The molecular formula is C16H12N6O2S. The maximum absolute atomic E-state index is 12.4. The van der Waals surface area contributed by atoms with Gasteiger partial charge in [-0.1, -0.05) is 6.07 Å². The lowest BCUT2D eigenvalue weighted by Gasteiger charge is -2.06. The number of hydrogen-bond acceptors (Lipinski definition) is 8. The Morgan fingerprint density at radius 2 is 2.04 bits per heavy atom. The average Bonchev–Trinajstić information content (AvgIpc) is 3.30. The molecule has 0 aliphatic heterocycles. The molecule has 124 valence electrons. The van der Waals surface area contributed by atoms with E-state index in [0.717, 1.165) is 28.3 Å². The molecule has 9 heteroatoms. The molecular weight excluding hydrogens is 340 g/mol. The summed E-state index contributed by atoms with van der Waals surface area (Å²) in [6.07, 6.45) is 1.52. The molecule has 3 N–H and O–H groups in total. The summed E-state index contributed by atoms with van der Waals surface area (Å²) >= 11 is 1.16. The summed E-state index contributed by atoms with van der Waals surface area (Å²) in [5.41, 5.74) is 8.90. The number of anilines is 1. The fourth-order valence-corrected chi connectivity index (χ4v) is 2.86. The van der Waals surface area contributed by atoms with Crippen molar-refractivity contribution < 1.29 is 9.21 Å². The molecule has 0 aliphatic rings. The lowest BCUT2D eigenvalue weighted by atomic mass is 10.2. The number of furan rings is 1. The fraction of sp³-hybridized carbons (Fsp3) is 0.0625. The highest BCUT2D eigenvalue weighted by Gasteiger charge is 2.13. The van der Waals surface area contributed by atoms with Gasteiger partial charge in [0.1, 0.15) is 22.4 Å². The van der Waals surface area contributed by atoms with Crippen molar-refractivity contribution in [1.82, 2.24) is 24.0 Å². The van der Waals surface area contributed by atoms with Crippen molar-refractivity contribution in [3.63, 3.8) is 0 Å². The Morgan fingerprint density at radius 3 is 2.88 bits per heavy atom. The highest BCUT2D eigenvalue weighted by molar-refractivity contribution is 7.00. The van der Waals surface area contributed by atoms with Gasteiger partial charge in [-0.25, -0.2) is 9.97 Å². The van der Waals surface area contributed by atoms with Crippen LogP contribution in [0.5, 0.6) is 0 Å². The van der Waals surface area contributed by atoms with Gasteiger partial charge in [0.05, 0.1) is 18.0 Å². The van der Waals surface area contributed by atoms with Gasteiger partial charge < -0.3 is 15.5 Å². The lowest BCUT2D eigenvalue weighted by molar-refractivity contribution is 0.0946. The zero-order valence-corrected chi connectivity index (χ0v) is 13.7. The number of fused-ring (bicyclic) bond motifs is 1. The molecule has 0 bridgehead atoms. The zero-order valence-electron chi connectivity index (χ0n) is 12.8. The van der Waals surface area contributed by atoms with E-state index in [0.29, 0.717) is 18.0 Å². The van der Waals surface area contributed by atoms with Gasteiger partial charge in [-0.3, -0.25) is 4.79 Å². The van der Waals surface area contributed by atoms with Gasteiger partial charge >= 0.3 is 0 Å². The second-order valence-electron chi connectivity index (χ2n) is 5.24. The van der Waals surface area contributed by atoms with Crippen LogP contribution in [0.4, 0.5) is 5.95 Å². The van der Waals surface area contributed by atoms with Crippen molar-refractivity contribution in [3.05, 3.63) is 53.9 Å². The third-order valence-electron chi connectivity index (χ3n) is 3.52.